The molecule has 2 radical (unpaired) electrons. The first-order valence-electron chi connectivity index (χ1n) is 6.56. The Balaban J connectivity index is 2.72. The predicted octanol–water partition coefficient (Wildman–Crippen LogP) is 2.33. The maximum Gasteiger partial charge on any atom is 0.317 e. The molecule has 1 aromatic heterocycles. The molecule has 0 bridgehead atoms. The van der Waals surface area contributed by atoms with Crippen molar-refractivity contribution in [2.75, 3.05) is 13.2 Å². The number of ether oxygens (including phenoxy) is 2. The molecule has 1 aromatic rings. The second-order valence-corrected chi connectivity index (χ2v) is 4.53. The Morgan fingerprint density at radius 1 is 1.53 bits per heavy atom. The fraction of sp³-hybridized carbons (Fsp3) is 0.692. The Morgan fingerprint density at radius 2 is 2.26 bits per heavy atom. The second-order valence-electron chi connectivity index (χ2n) is 4.53. The second kappa shape index (κ2) is 7.87. The van der Waals surface area contributed by atoms with Crippen LogP contribution in [0.3, 0.4) is 0 Å². The van der Waals surface area contributed by atoms with Gasteiger partial charge < -0.3 is 14.0 Å². The van der Waals surface area contributed by atoms with Crippen LogP contribution in [0, 0.1) is 5.92 Å². The molecule has 0 spiro atoms. The fourth-order valence-corrected chi connectivity index (χ4v) is 1.70. The van der Waals surface area contributed by atoms with Crippen LogP contribution >= 0.6 is 0 Å². The topological polar surface area (TPSA) is 61.6 Å². The minimum absolute atomic E-state index is 0.0592. The van der Waals surface area contributed by atoms with E-state index < -0.39 is 5.92 Å². The third kappa shape index (κ3) is 4.61. The van der Waals surface area contributed by atoms with Gasteiger partial charge in [0.1, 0.15) is 5.92 Å². The van der Waals surface area contributed by atoms with Crippen molar-refractivity contribution in [3.8, 4) is 5.88 Å². The van der Waals surface area contributed by atoms with Crippen LogP contribution in [-0.4, -0.2) is 32.2 Å². The summed E-state index contributed by atoms with van der Waals surface area (Å²) < 4.78 is 15.6. The van der Waals surface area contributed by atoms with E-state index in [0.29, 0.717) is 31.2 Å². The van der Waals surface area contributed by atoms with Crippen molar-refractivity contribution in [3.05, 3.63) is 11.8 Å². The van der Waals surface area contributed by atoms with E-state index in [4.69, 9.17) is 21.8 Å². The van der Waals surface area contributed by atoms with Crippen LogP contribution in [0.15, 0.2) is 10.6 Å². The van der Waals surface area contributed by atoms with E-state index in [2.05, 4.69) is 5.16 Å². The molecule has 1 rings (SSSR count). The zero-order chi connectivity index (χ0) is 14.3. The Bertz CT molecular complexity index is 392. The average molecular weight is 265 g/mol. The Morgan fingerprint density at radius 3 is 2.84 bits per heavy atom. The lowest BCUT2D eigenvalue weighted by Gasteiger charge is -2.15. The number of nitrogens with zero attached hydrogens (tertiary/aromatic N) is 1. The van der Waals surface area contributed by atoms with Gasteiger partial charge in [0.2, 0.25) is 0 Å². The molecule has 0 aliphatic heterocycles. The van der Waals surface area contributed by atoms with Crippen molar-refractivity contribution in [3.63, 3.8) is 0 Å². The Labute approximate surface area is 115 Å². The van der Waals surface area contributed by atoms with Crippen LogP contribution in [-0.2, 0) is 9.53 Å². The maximum absolute atomic E-state index is 11.9. The van der Waals surface area contributed by atoms with Gasteiger partial charge in [-0.15, -0.1) is 0 Å². The highest BCUT2D eigenvalue weighted by atomic mass is 16.5. The van der Waals surface area contributed by atoms with Gasteiger partial charge in [0.05, 0.1) is 21.1 Å². The molecular weight excluding hydrogens is 245 g/mol. The van der Waals surface area contributed by atoms with Gasteiger partial charge in [-0.2, -0.15) is 0 Å². The van der Waals surface area contributed by atoms with Crippen LogP contribution < -0.4 is 4.74 Å². The summed E-state index contributed by atoms with van der Waals surface area (Å²) in [5.74, 6) is 0.139. The van der Waals surface area contributed by atoms with Crippen molar-refractivity contribution in [1.29, 1.82) is 0 Å². The molecule has 5 nitrogen and oxygen atoms in total. The minimum atomic E-state index is -0.459. The third-order valence-electron chi connectivity index (χ3n) is 2.62. The van der Waals surface area contributed by atoms with Gasteiger partial charge >= 0.3 is 5.97 Å². The van der Waals surface area contributed by atoms with Gasteiger partial charge in [-0.05, 0) is 24.4 Å². The van der Waals surface area contributed by atoms with Gasteiger partial charge in [0.25, 0.3) is 5.88 Å². The monoisotopic (exact) mass is 265 g/mol. The van der Waals surface area contributed by atoms with E-state index in [0.717, 1.165) is 6.42 Å². The SMILES string of the molecule is [B]CCCOc1cc(C(C(=O)OCC)C(C)C)on1. The number of carbonyl (C=O) groups is 1. The molecule has 0 fully saturated rings. The number of esters is 1. The summed E-state index contributed by atoms with van der Waals surface area (Å²) in [6.45, 7) is 6.46. The number of aromatic nitrogens is 1. The molecule has 0 aliphatic carbocycles. The smallest absolute Gasteiger partial charge is 0.317 e. The summed E-state index contributed by atoms with van der Waals surface area (Å²) in [5.41, 5.74) is 0. The quantitative estimate of drug-likeness (QED) is 0.410. The van der Waals surface area contributed by atoms with Gasteiger partial charge in [-0.3, -0.25) is 4.79 Å². The van der Waals surface area contributed by atoms with Crippen LogP contribution in [0.2, 0.25) is 6.32 Å². The van der Waals surface area contributed by atoms with Crippen molar-refractivity contribution < 1.29 is 18.8 Å². The van der Waals surface area contributed by atoms with Crippen molar-refractivity contribution >= 4 is 13.8 Å². The van der Waals surface area contributed by atoms with Gasteiger partial charge in [-0.25, -0.2) is 0 Å². The predicted molar refractivity (Wildman–Crippen MR) is 71.4 cm³/mol. The summed E-state index contributed by atoms with van der Waals surface area (Å²) in [6.07, 6.45) is 1.30. The van der Waals surface area contributed by atoms with Gasteiger partial charge in [0.15, 0.2) is 5.76 Å². The number of rotatable bonds is 8. The van der Waals surface area contributed by atoms with E-state index in [1.807, 2.05) is 13.8 Å². The Kier molecular flexibility index (Phi) is 6.46. The van der Waals surface area contributed by atoms with Crippen LogP contribution in [0.1, 0.15) is 38.9 Å². The molecule has 0 aromatic carbocycles. The molecule has 1 heterocycles. The third-order valence-corrected chi connectivity index (χ3v) is 2.62. The standard InChI is InChI=1S/C13H20BNO4/c1-4-17-13(16)12(9(2)3)10-8-11(15-19-10)18-7-5-6-14/h8-9,12H,4-7H2,1-3H3. The maximum atomic E-state index is 11.9. The van der Waals surface area contributed by atoms with E-state index in [-0.39, 0.29) is 11.9 Å². The molecule has 19 heavy (non-hydrogen) atoms. The van der Waals surface area contributed by atoms with E-state index in [1.54, 1.807) is 13.0 Å². The summed E-state index contributed by atoms with van der Waals surface area (Å²) >= 11 is 0. The number of hydrogen-bond donors (Lipinski definition) is 0. The summed E-state index contributed by atoms with van der Waals surface area (Å²) in [4.78, 5) is 11.9. The molecule has 0 saturated carbocycles. The molecule has 104 valence electrons. The van der Waals surface area contributed by atoms with E-state index in [9.17, 15) is 4.79 Å². The molecule has 0 aliphatic rings. The molecule has 0 amide bonds. The molecule has 1 unspecified atom stereocenters. The van der Waals surface area contributed by atoms with Crippen molar-refractivity contribution in [2.24, 2.45) is 5.92 Å². The van der Waals surface area contributed by atoms with Crippen molar-refractivity contribution in [2.45, 2.75) is 39.4 Å². The number of hydrogen-bond acceptors (Lipinski definition) is 5. The molecule has 6 heteroatoms. The zero-order valence-corrected chi connectivity index (χ0v) is 11.7. The molecule has 0 saturated heterocycles. The van der Waals surface area contributed by atoms with Gasteiger partial charge in [-0.1, -0.05) is 20.2 Å². The lowest BCUT2D eigenvalue weighted by Crippen LogP contribution is -2.20. The largest absolute Gasteiger partial charge is 0.476 e. The number of carbonyl (C=O) groups excluding carboxylic acids is 1. The summed E-state index contributed by atoms with van der Waals surface area (Å²) in [5, 5.41) is 3.79. The molecule has 0 N–H and O–H groups in total. The highest BCUT2D eigenvalue weighted by Crippen LogP contribution is 2.28. The highest BCUT2D eigenvalue weighted by Gasteiger charge is 2.29. The van der Waals surface area contributed by atoms with Crippen LogP contribution in [0.4, 0.5) is 0 Å². The fourth-order valence-electron chi connectivity index (χ4n) is 1.70. The van der Waals surface area contributed by atoms with Crippen LogP contribution in [0.25, 0.3) is 0 Å². The van der Waals surface area contributed by atoms with E-state index in [1.165, 1.54) is 0 Å². The normalized spacial score (nSPS) is 12.4. The Hall–Kier alpha value is -1.46. The average Bonchev–Trinajstić information content (AvgIpc) is 2.78. The minimum Gasteiger partial charge on any atom is -0.476 e. The zero-order valence-electron chi connectivity index (χ0n) is 11.7. The highest BCUT2D eigenvalue weighted by molar-refractivity contribution is 6.08. The first-order chi connectivity index (χ1) is 9.10. The van der Waals surface area contributed by atoms with E-state index >= 15 is 0 Å². The summed E-state index contributed by atoms with van der Waals surface area (Å²) in [6, 6.07) is 1.64. The molecule has 1 atom stereocenters. The summed E-state index contributed by atoms with van der Waals surface area (Å²) in [7, 11) is 5.37. The molecular formula is C13H20BNO4. The lowest BCUT2D eigenvalue weighted by molar-refractivity contribution is -0.146. The first kappa shape index (κ1) is 15.6. The van der Waals surface area contributed by atoms with Gasteiger partial charge in [0, 0.05) is 6.07 Å². The lowest BCUT2D eigenvalue weighted by atomic mass is 9.93. The first-order valence-corrected chi connectivity index (χ1v) is 6.56. The van der Waals surface area contributed by atoms with Crippen molar-refractivity contribution in [1.82, 2.24) is 5.16 Å². The van der Waals surface area contributed by atoms with Crippen LogP contribution in [0.5, 0.6) is 5.88 Å².